The zero-order chi connectivity index (χ0) is 23.0. The van der Waals surface area contributed by atoms with Gasteiger partial charge in [-0.2, -0.15) is 0 Å². The van der Waals surface area contributed by atoms with Gasteiger partial charge in [-0.15, -0.1) is 0 Å². The summed E-state index contributed by atoms with van der Waals surface area (Å²) in [5.74, 6) is -0.545. The molecule has 172 valence electrons. The van der Waals surface area contributed by atoms with E-state index in [0.29, 0.717) is 58.7 Å². The Bertz CT molecular complexity index is 1330. The molecule has 12 heteroatoms. The standard InChI is InChI=1S/C21H19ClN4O5S2/c22-17-8-7-16-20(24-17)32-21(23-16)25-19(27)18(26-31-13-9-10-30-11-13)12-1-3-14(4-2-12)33(28,29)15-5-6-15/h1-4,7-8,13,15H,5-6,9-11H2,(H,23,25,27)/t13-/m1/s1. The molecular weight excluding hydrogens is 488 g/mol. The number of carbonyl (C=O) groups is 1. The molecule has 5 rings (SSSR count). The van der Waals surface area contributed by atoms with E-state index >= 15 is 0 Å². The van der Waals surface area contributed by atoms with Gasteiger partial charge in [0.15, 0.2) is 26.8 Å². The lowest BCUT2D eigenvalue weighted by molar-refractivity contribution is -0.110. The van der Waals surface area contributed by atoms with E-state index in [2.05, 4.69) is 20.4 Å². The first-order valence-electron chi connectivity index (χ1n) is 10.3. The number of nitrogens with one attached hydrogen (secondary N) is 1. The fourth-order valence-corrected chi connectivity index (χ4v) is 6.01. The summed E-state index contributed by atoms with van der Waals surface area (Å²) in [5, 5.41) is 7.17. The number of pyridine rings is 1. The van der Waals surface area contributed by atoms with Gasteiger partial charge in [-0.25, -0.2) is 18.4 Å². The number of sulfone groups is 1. The predicted molar refractivity (Wildman–Crippen MR) is 125 cm³/mol. The van der Waals surface area contributed by atoms with Crippen molar-refractivity contribution in [3.8, 4) is 0 Å². The van der Waals surface area contributed by atoms with Gasteiger partial charge in [-0.05, 0) is 37.1 Å². The summed E-state index contributed by atoms with van der Waals surface area (Å²) in [4.78, 5) is 28.0. The number of hydrogen-bond donors (Lipinski definition) is 1. The van der Waals surface area contributed by atoms with Crippen molar-refractivity contribution in [3.63, 3.8) is 0 Å². The van der Waals surface area contributed by atoms with Gasteiger partial charge in [0.25, 0.3) is 5.91 Å². The van der Waals surface area contributed by atoms with Crippen LogP contribution in [-0.4, -0.2) is 54.6 Å². The third-order valence-corrected chi connectivity index (χ3v) is 8.63. The molecule has 1 aromatic carbocycles. The molecule has 2 fully saturated rings. The van der Waals surface area contributed by atoms with Gasteiger partial charge >= 0.3 is 0 Å². The van der Waals surface area contributed by atoms with Crippen molar-refractivity contribution in [1.82, 2.24) is 9.97 Å². The highest BCUT2D eigenvalue weighted by molar-refractivity contribution is 7.92. The van der Waals surface area contributed by atoms with Crippen molar-refractivity contribution in [1.29, 1.82) is 0 Å². The fourth-order valence-electron chi connectivity index (χ4n) is 3.33. The molecule has 2 aromatic heterocycles. The second kappa shape index (κ2) is 8.98. The first-order valence-corrected chi connectivity index (χ1v) is 13.0. The summed E-state index contributed by atoms with van der Waals surface area (Å²) < 4.78 is 30.3. The van der Waals surface area contributed by atoms with Crippen molar-refractivity contribution >= 4 is 59.9 Å². The van der Waals surface area contributed by atoms with Crippen LogP contribution >= 0.6 is 22.9 Å². The highest BCUT2D eigenvalue weighted by Crippen LogP contribution is 2.33. The minimum absolute atomic E-state index is 0.00233. The highest BCUT2D eigenvalue weighted by atomic mass is 35.5. The zero-order valence-electron chi connectivity index (χ0n) is 17.2. The Labute approximate surface area is 198 Å². The maximum atomic E-state index is 13.1. The second-order valence-electron chi connectivity index (χ2n) is 7.73. The zero-order valence-corrected chi connectivity index (χ0v) is 19.6. The van der Waals surface area contributed by atoms with E-state index in [4.69, 9.17) is 21.2 Å². The summed E-state index contributed by atoms with van der Waals surface area (Å²) in [6.45, 7) is 0.956. The van der Waals surface area contributed by atoms with Gasteiger partial charge in [0, 0.05) is 12.0 Å². The molecule has 0 unspecified atom stereocenters. The van der Waals surface area contributed by atoms with E-state index in [-0.39, 0.29) is 22.0 Å². The quantitative estimate of drug-likeness (QED) is 0.296. The third-order valence-electron chi connectivity index (χ3n) is 5.26. The van der Waals surface area contributed by atoms with Gasteiger partial charge in [-0.3, -0.25) is 10.1 Å². The van der Waals surface area contributed by atoms with Crippen molar-refractivity contribution in [2.45, 2.75) is 35.5 Å². The average Bonchev–Trinajstić information content (AvgIpc) is 3.40. The van der Waals surface area contributed by atoms with Crippen LogP contribution in [0.1, 0.15) is 24.8 Å². The van der Waals surface area contributed by atoms with Crippen molar-refractivity contribution in [3.05, 3.63) is 47.1 Å². The van der Waals surface area contributed by atoms with Crippen molar-refractivity contribution in [2.24, 2.45) is 5.16 Å². The van der Waals surface area contributed by atoms with Gasteiger partial charge < -0.3 is 9.57 Å². The van der Waals surface area contributed by atoms with Gasteiger partial charge in [-0.1, -0.05) is 40.2 Å². The number of rotatable bonds is 7. The van der Waals surface area contributed by atoms with Crippen molar-refractivity contribution in [2.75, 3.05) is 18.5 Å². The van der Waals surface area contributed by atoms with E-state index < -0.39 is 15.7 Å². The Balaban J connectivity index is 1.41. The second-order valence-corrected chi connectivity index (χ2v) is 11.3. The van der Waals surface area contributed by atoms with Gasteiger partial charge in [0.2, 0.25) is 0 Å². The molecule has 1 aliphatic heterocycles. The van der Waals surface area contributed by atoms with E-state index in [9.17, 15) is 13.2 Å². The molecule has 9 nitrogen and oxygen atoms in total. The number of carbonyl (C=O) groups excluding carboxylic acids is 1. The van der Waals surface area contributed by atoms with Crippen molar-refractivity contribution < 1.29 is 22.8 Å². The van der Waals surface area contributed by atoms with Crippen LogP contribution in [0.2, 0.25) is 5.15 Å². The molecule has 3 aromatic rings. The van der Waals surface area contributed by atoms with Crippen LogP contribution in [0.15, 0.2) is 46.4 Å². The Morgan fingerprint density at radius 1 is 1.15 bits per heavy atom. The number of fused-ring (bicyclic) bond motifs is 1. The lowest BCUT2D eigenvalue weighted by Crippen LogP contribution is -2.25. The molecule has 2 aliphatic rings. The minimum Gasteiger partial charge on any atom is -0.389 e. The van der Waals surface area contributed by atoms with Crippen LogP contribution in [-0.2, 0) is 24.2 Å². The molecule has 1 atom stereocenters. The number of anilines is 1. The van der Waals surface area contributed by atoms with Gasteiger partial charge in [0.1, 0.15) is 15.5 Å². The van der Waals surface area contributed by atoms with E-state index in [1.165, 1.54) is 23.5 Å². The molecule has 0 spiro atoms. The van der Waals surface area contributed by atoms with Gasteiger partial charge in [0.05, 0.1) is 23.4 Å². The maximum Gasteiger partial charge on any atom is 0.280 e. The number of thiazole rings is 1. The minimum atomic E-state index is -3.34. The van der Waals surface area contributed by atoms with E-state index in [1.807, 2.05) is 0 Å². The van der Waals surface area contributed by atoms with Crippen LogP contribution in [0.4, 0.5) is 5.13 Å². The first kappa shape index (κ1) is 22.2. The van der Waals surface area contributed by atoms with Crippen LogP contribution in [0.25, 0.3) is 10.3 Å². The molecule has 1 N–H and O–H groups in total. The van der Waals surface area contributed by atoms with Crippen LogP contribution < -0.4 is 5.32 Å². The summed E-state index contributed by atoms with van der Waals surface area (Å²) in [7, 11) is -3.34. The normalized spacial score (nSPS) is 19.1. The number of ether oxygens (including phenoxy) is 1. The van der Waals surface area contributed by atoms with E-state index in [1.54, 1.807) is 24.3 Å². The number of nitrogens with zero attached hydrogens (tertiary/aromatic N) is 3. The molecule has 1 amide bonds. The molecule has 0 radical (unpaired) electrons. The number of halogens is 1. The smallest absolute Gasteiger partial charge is 0.280 e. The topological polar surface area (TPSA) is 120 Å². The number of aromatic nitrogens is 2. The molecule has 1 saturated heterocycles. The SMILES string of the molecule is O=C(Nc1nc2ccc(Cl)nc2s1)C(=NO[C@@H]1CCOC1)c1ccc(S(=O)(=O)C2CC2)cc1. The Morgan fingerprint density at radius 2 is 1.94 bits per heavy atom. The molecule has 33 heavy (non-hydrogen) atoms. The Kier molecular flexibility index (Phi) is 6.04. The molecule has 1 saturated carbocycles. The summed E-state index contributed by atoms with van der Waals surface area (Å²) in [6, 6.07) is 9.44. The summed E-state index contributed by atoms with van der Waals surface area (Å²) in [6.07, 6.45) is 1.77. The largest absolute Gasteiger partial charge is 0.389 e. The molecular formula is C21H19ClN4O5S2. The number of hydrogen-bond acceptors (Lipinski definition) is 9. The average molecular weight is 507 g/mol. The number of oxime groups is 1. The summed E-state index contributed by atoms with van der Waals surface area (Å²) >= 11 is 7.11. The van der Waals surface area contributed by atoms with Crippen LogP contribution in [0.3, 0.4) is 0 Å². The number of benzene rings is 1. The van der Waals surface area contributed by atoms with Crippen LogP contribution in [0.5, 0.6) is 0 Å². The predicted octanol–water partition coefficient (Wildman–Crippen LogP) is 3.43. The summed E-state index contributed by atoms with van der Waals surface area (Å²) in [5.41, 5.74) is 1.03. The maximum absolute atomic E-state index is 13.1. The highest BCUT2D eigenvalue weighted by Gasteiger charge is 2.36. The molecule has 0 bridgehead atoms. The molecule has 3 heterocycles. The lowest BCUT2D eigenvalue weighted by atomic mass is 10.1. The van der Waals surface area contributed by atoms with Crippen LogP contribution in [0, 0.1) is 0 Å². The fraction of sp³-hybridized carbons (Fsp3) is 0.333. The first-order chi connectivity index (χ1) is 15.9. The molecule has 1 aliphatic carbocycles. The monoisotopic (exact) mass is 506 g/mol. The van der Waals surface area contributed by atoms with E-state index in [0.717, 1.165) is 0 Å². The Hall–Kier alpha value is -2.60. The Morgan fingerprint density at radius 3 is 2.64 bits per heavy atom. The number of amides is 1. The third kappa shape index (κ3) is 4.86. The lowest BCUT2D eigenvalue weighted by Gasteiger charge is -2.10.